The van der Waals surface area contributed by atoms with Crippen molar-refractivity contribution in [1.82, 2.24) is 15.1 Å². The molecule has 0 aromatic heterocycles. The number of piperazine rings is 1. The molecular formula is C18H24F3N3O3. The zero-order valence-corrected chi connectivity index (χ0v) is 15.8. The van der Waals surface area contributed by atoms with Crippen molar-refractivity contribution in [2.24, 2.45) is 0 Å². The van der Waals surface area contributed by atoms with E-state index in [1.807, 2.05) is 0 Å². The quantitative estimate of drug-likeness (QED) is 0.809. The van der Waals surface area contributed by atoms with Crippen LogP contribution in [0.25, 0.3) is 0 Å². The third-order valence-electron chi connectivity index (χ3n) is 4.10. The van der Waals surface area contributed by atoms with Gasteiger partial charge < -0.3 is 10.1 Å². The molecule has 2 amide bonds. The van der Waals surface area contributed by atoms with Crippen LogP contribution >= 0.6 is 0 Å². The number of carbonyl (C=O) groups excluding carboxylic acids is 2. The summed E-state index contributed by atoms with van der Waals surface area (Å²) < 4.78 is 46.1. The number of ether oxygens (including phenoxy) is 1. The summed E-state index contributed by atoms with van der Waals surface area (Å²) in [5.74, 6) is -3.67. The van der Waals surface area contributed by atoms with Crippen LogP contribution in [0.5, 0.6) is 0 Å². The maximum Gasteiger partial charge on any atom is 0.411 e. The average molecular weight is 387 g/mol. The molecule has 1 saturated heterocycles. The Bertz CT molecular complexity index is 722. The van der Waals surface area contributed by atoms with E-state index in [-0.39, 0.29) is 25.2 Å². The van der Waals surface area contributed by atoms with Gasteiger partial charge in [0.2, 0.25) is 5.91 Å². The molecule has 0 spiro atoms. The van der Waals surface area contributed by atoms with Crippen LogP contribution in [0.15, 0.2) is 12.1 Å². The molecule has 1 heterocycles. The molecule has 0 radical (unpaired) electrons. The Morgan fingerprint density at radius 2 is 1.89 bits per heavy atom. The lowest BCUT2D eigenvalue weighted by molar-refractivity contribution is -0.128. The molecule has 6 nitrogen and oxygen atoms in total. The molecule has 1 N–H and O–H groups in total. The summed E-state index contributed by atoms with van der Waals surface area (Å²) in [7, 11) is 1.44. The van der Waals surface area contributed by atoms with Gasteiger partial charge in [0.05, 0.1) is 0 Å². The number of carbonyl (C=O) groups is 2. The van der Waals surface area contributed by atoms with Crippen LogP contribution in [-0.4, -0.2) is 60.1 Å². The maximum absolute atomic E-state index is 13.9. The van der Waals surface area contributed by atoms with E-state index >= 15 is 0 Å². The Morgan fingerprint density at radius 3 is 2.48 bits per heavy atom. The fourth-order valence-corrected chi connectivity index (χ4v) is 2.88. The van der Waals surface area contributed by atoms with Crippen molar-refractivity contribution in [3.8, 4) is 0 Å². The van der Waals surface area contributed by atoms with Crippen LogP contribution in [0.3, 0.4) is 0 Å². The topological polar surface area (TPSA) is 61.9 Å². The first-order valence-corrected chi connectivity index (χ1v) is 8.59. The first kappa shape index (κ1) is 21.0. The van der Waals surface area contributed by atoms with Crippen molar-refractivity contribution in [3.63, 3.8) is 0 Å². The zero-order valence-electron chi connectivity index (χ0n) is 15.8. The summed E-state index contributed by atoms with van der Waals surface area (Å²) in [4.78, 5) is 27.6. The van der Waals surface area contributed by atoms with Gasteiger partial charge >= 0.3 is 6.09 Å². The van der Waals surface area contributed by atoms with Crippen molar-refractivity contribution in [1.29, 1.82) is 0 Å². The van der Waals surface area contributed by atoms with Gasteiger partial charge in [-0.25, -0.2) is 18.0 Å². The largest absolute Gasteiger partial charge is 0.444 e. The van der Waals surface area contributed by atoms with Crippen LogP contribution in [0.1, 0.15) is 26.3 Å². The van der Waals surface area contributed by atoms with Crippen molar-refractivity contribution in [2.45, 2.75) is 39.0 Å². The highest BCUT2D eigenvalue weighted by Crippen LogP contribution is 2.20. The molecule has 1 unspecified atom stereocenters. The van der Waals surface area contributed by atoms with Gasteiger partial charge in [-0.3, -0.25) is 14.6 Å². The molecule has 1 aromatic rings. The SMILES string of the molecule is CNC(=O)C1CN(Cc2cc(F)cc(F)c2F)CCN1C(=O)OC(C)(C)C. The molecule has 0 aliphatic carbocycles. The highest BCUT2D eigenvalue weighted by Gasteiger charge is 2.37. The summed E-state index contributed by atoms with van der Waals surface area (Å²) in [6.45, 7) is 5.61. The number of benzene rings is 1. The molecular weight excluding hydrogens is 363 g/mol. The third-order valence-corrected chi connectivity index (χ3v) is 4.10. The van der Waals surface area contributed by atoms with E-state index in [1.54, 1.807) is 25.7 Å². The van der Waals surface area contributed by atoms with Gasteiger partial charge in [0.15, 0.2) is 11.6 Å². The average Bonchev–Trinajstić information content (AvgIpc) is 2.56. The summed E-state index contributed by atoms with van der Waals surface area (Å²) in [6, 6.07) is 0.542. The van der Waals surface area contributed by atoms with Crippen LogP contribution in [-0.2, 0) is 16.1 Å². The third kappa shape index (κ3) is 5.35. The van der Waals surface area contributed by atoms with E-state index < -0.39 is 41.1 Å². The predicted octanol–water partition coefficient (Wildman–Crippen LogP) is 2.27. The minimum atomic E-state index is -1.26. The van der Waals surface area contributed by atoms with E-state index in [4.69, 9.17) is 4.74 Å². The van der Waals surface area contributed by atoms with Crippen LogP contribution in [0.4, 0.5) is 18.0 Å². The normalized spacial score (nSPS) is 18.3. The standard InChI is InChI=1S/C18H24F3N3O3/c1-18(2,3)27-17(26)24-6-5-23(10-14(24)16(25)22-4)9-11-7-12(19)8-13(20)15(11)21/h7-8,14H,5-6,9-10H2,1-4H3,(H,22,25). The number of likely N-dealkylation sites (N-methyl/N-ethyl adjacent to an activating group) is 1. The van der Waals surface area contributed by atoms with Crippen LogP contribution in [0, 0.1) is 17.5 Å². The Labute approximate surface area is 156 Å². The Morgan fingerprint density at radius 1 is 1.22 bits per heavy atom. The predicted molar refractivity (Wildman–Crippen MR) is 92.4 cm³/mol. The molecule has 0 saturated carbocycles. The summed E-state index contributed by atoms with van der Waals surface area (Å²) in [5.41, 5.74) is -0.863. The van der Waals surface area contributed by atoms with Crippen molar-refractivity contribution in [2.75, 3.05) is 26.7 Å². The smallest absolute Gasteiger partial charge is 0.411 e. The minimum Gasteiger partial charge on any atom is -0.444 e. The lowest BCUT2D eigenvalue weighted by Crippen LogP contribution is -2.60. The lowest BCUT2D eigenvalue weighted by Gasteiger charge is -2.40. The van der Waals surface area contributed by atoms with Crippen molar-refractivity contribution in [3.05, 3.63) is 35.1 Å². The Balaban J connectivity index is 2.16. The van der Waals surface area contributed by atoms with Gasteiger partial charge in [0, 0.05) is 44.9 Å². The zero-order chi connectivity index (χ0) is 20.4. The molecule has 2 rings (SSSR count). The van der Waals surface area contributed by atoms with Gasteiger partial charge in [-0.2, -0.15) is 0 Å². The van der Waals surface area contributed by atoms with Crippen LogP contribution < -0.4 is 5.32 Å². The molecule has 1 atom stereocenters. The van der Waals surface area contributed by atoms with Gasteiger partial charge in [-0.05, 0) is 26.8 Å². The molecule has 0 bridgehead atoms. The number of nitrogens with one attached hydrogen (secondary N) is 1. The van der Waals surface area contributed by atoms with E-state index in [2.05, 4.69) is 5.32 Å². The van der Waals surface area contributed by atoms with E-state index in [0.717, 1.165) is 6.07 Å². The second-order valence-corrected chi connectivity index (χ2v) is 7.40. The van der Waals surface area contributed by atoms with Crippen molar-refractivity contribution < 1.29 is 27.5 Å². The van der Waals surface area contributed by atoms with Gasteiger partial charge in [0.1, 0.15) is 17.5 Å². The van der Waals surface area contributed by atoms with Crippen LogP contribution in [0.2, 0.25) is 0 Å². The molecule has 1 aromatic carbocycles. The monoisotopic (exact) mass is 387 g/mol. The summed E-state index contributed by atoms with van der Waals surface area (Å²) >= 11 is 0. The molecule has 150 valence electrons. The van der Waals surface area contributed by atoms with Gasteiger partial charge in [-0.1, -0.05) is 0 Å². The summed E-state index contributed by atoms with van der Waals surface area (Å²) in [5, 5.41) is 2.49. The fraction of sp³-hybridized carbons (Fsp3) is 0.556. The molecule has 9 heteroatoms. The van der Waals surface area contributed by atoms with Gasteiger partial charge in [-0.15, -0.1) is 0 Å². The minimum absolute atomic E-state index is 0.0798. The van der Waals surface area contributed by atoms with E-state index in [9.17, 15) is 22.8 Å². The molecule has 1 fully saturated rings. The number of hydrogen-bond acceptors (Lipinski definition) is 4. The molecule has 1 aliphatic heterocycles. The second kappa shape index (κ2) is 8.16. The van der Waals surface area contributed by atoms with E-state index in [1.165, 1.54) is 11.9 Å². The highest BCUT2D eigenvalue weighted by molar-refractivity contribution is 5.86. The Kier molecular flexibility index (Phi) is 6.35. The van der Waals surface area contributed by atoms with Crippen molar-refractivity contribution >= 4 is 12.0 Å². The Hall–Kier alpha value is -2.29. The lowest BCUT2D eigenvalue weighted by atomic mass is 10.1. The number of amides is 2. The first-order valence-electron chi connectivity index (χ1n) is 8.59. The maximum atomic E-state index is 13.9. The number of rotatable bonds is 3. The number of halogens is 3. The van der Waals surface area contributed by atoms with Gasteiger partial charge in [0.25, 0.3) is 0 Å². The number of hydrogen-bond donors (Lipinski definition) is 1. The molecule has 1 aliphatic rings. The first-order chi connectivity index (χ1) is 12.5. The summed E-state index contributed by atoms with van der Waals surface area (Å²) in [6.07, 6.45) is -0.626. The highest BCUT2D eigenvalue weighted by atomic mass is 19.2. The van der Waals surface area contributed by atoms with E-state index in [0.29, 0.717) is 12.6 Å². The number of nitrogens with zero attached hydrogens (tertiary/aromatic N) is 2. The fourth-order valence-electron chi connectivity index (χ4n) is 2.88. The second-order valence-electron chi connectivity index (χ2n) is 7.40. The molecule has 27 heavy (non-hydrogen) atoms.